The van der Waals surface area contributed by atoms with Gasteiger partial charge in [0.2, 0.25) is 0 Å². The largest absolute Gasteiger partial charge is 0.479 e. The standard InChI is InChI=1S/C9H17NO3/c1-9(13,8(11)12)6-10(2)5-7-3-4-7/h7,13H,3-6H2,1-2H3,(H,11,12). The van der Waals surface area contributed by atoms with E-state index in [2.05, 4.69) is 0 Å². The summed E-state index contributed by atoms with van der Waals surface area (Å²) in [5.74, 6) is -0.440. The number of carbonyl (C=O) groups is 1. The van der Waals surface area contributed by atoms with Gasteiger partial charge in [0.05, 0.1) is 0 Å². The van der Waals surface area contributed by atoms with E-state index in [1.165, 1.54) is 19.8 Å². The van der Waals surface area contributed by atoms with Gasteiger partial charge >= 0.3 is 5.97 Å². The fraction of sp³-hybridized carbons (Fsp3) is 0.889. The van der Waals surface area contributed by atoms with Crippen molar-refractivity contribution in [1.29, 1.82) is 0 Å². The number of carboxylic acids is 1. The zero-order valence-electron chi connectivity index (χ0n) is 8.16. The second-order valence-corrected chi connectivity index (χ2v) is 4.22. The predicted molar refractivity (Wildman–Crippen MR) is 48.5 cm³/mol. The van der Waals surface area contributed by atoms with Gasteiger partial charge in [0, 0.05) is 13.1 Å². The molecule has 4 nitrogen and oxygen atoms in total. The minimum atomic E-state index is -1.62. The van der Waals surface area contributed by atoms with Gasteiger partial charge in [-0.25, -0.2) is 4.79 Å². The molecule has 0 aromatic rings. The van der Waals surface area contributed by atoms with Gasteiger partial charge in [-0.15, -0.1) is 0 Å². The van der Waals surface area contributed by atoms with Crippen molar-refractivity contribution in [3.05, 3.63) is 0 Å². The Bertz CT molecular complexity index is 199. The molecule has 1 aliphatic carbocycles. The van der Waals surface area contributed by atoms with Crippen LogP contribution in [0.25, 0.3) is 0 Å². The molecular weight excluding hydrogens is 170 g/mol. The first-order chi connectivity index (χ1) is 5.92. The third-order valence-electron chi connectivity index (χ3n) is 2.31. The van der Waals surface area contributed by atoms with E-state index < -0.39 is 11.6 Å². The Labute approximate surface area is 78.2 Å². The number of aliphatic carboxylic acids is 1. The molecule has 1 saturated carbocycles. The topological polar surface area (TPSA) is 60.8 Å². The zero-order chi connectivity index (χ0) is 10.1. The number of likely N-dealkylation sites (N-methyl/N-ethyl adjacent to an activating group) is 1. The number of nitrogens with zero attached hydrogens (tertiary/aromatic N) is 1. The SMILES string of the molecule is CN(CC1CC1)CC(C)(O)C(=O)O. The summed E-state index contributed by atoms with van der Waals surface area (Å²) in [5, 5.41) is 18.1. The van der Waals surface area contributed by atoms with Crippen LogP contribution in [0.15, 0.2) is 0 Å². The number of aliphatic hydroxyl groups is 1. The summed E-state index contributed by atoms with van der Waals surface area (Å²) < 4.78 is 0. The van der Waals surface area contributed by atoms with Crippen LogP contribution in [0, 0.1) is 5.92 Å². The van der Waals surface area contributed by atoms with Crippen LogP contribution in [0.1, 0.15) is 19.8 Å². The lowest BCUT2D eigenvalue weighted by Crippen LogP contribution is -2.45. The fourth-order valence-electron chi connectivity index (χ4n) is 1.40. The molecular formula is C9H17NO3. The van der Waals surface area contributed by atoms with Crippen molar-refractivity contribution >= 4 is 5.97 Å². The average molecular weight is 187 g/mol. The average Bonchev–Trinajstić information content (AvgIpc) is 2.69. The molecule has 76 valence electrons. The Morgan fingerprint density at radius 1 is 1.62 bits per heavy atom. The van der Waals surface area contributed by atoms with Gasteiger partial charge in [0.25, 0.3) is 0 Å². The van der Waals surface area contributed by atoms with Crippen LogP contribution in [0.4, 0.5) is 0 Å². The van der Waals surface area contributed by atoms with Crippen molar-refractivity contribution in [2.45, 2.75) is 25.4 Å². The quantitative estimate of drug-likeness (QED) is 0.644. The maximum absolute atomic E-state index is 10.6. The highest BCUT2D eigenvalue weighted by Gasteiger charge is 2.33. The van der Waals surface area contributed by atoms with Crippen LogP contribution in [0.2, 0.25) is 0 Å². The molecule has 0 heterocycles. The van der Waals surface area contributed by atoms with Crippen LogP contribution < -0.4 is 0 Å². The highest BCUT2D eigenvalue weighted by atomic mass is 16.4. The van der Waals surface area contributed by atoms with Crippen LogP contribution in [-0.2, 0) is 4.79 Å². The van der Waals surface area contributed by atoms with Gasteiger partial charge < -0.3 is 15.1 Å². The molecule has 0 spiro atoms. The lowest BCUT2D eigenvalue weighted by molar-refractivity contribution is -0.158. The summed E-state index contributed by atoms with van der Waals surface area (Å²) in [7, 11) is 1.84. The fourth-order valence-corrected chi connectivity index (χ4v) is 1.40. The Kier molecular flexibility index (Phi) is 2.93. The van der Waals surface area contributed by atoms with Crippen molar-refractivity contribution in [2.24, 2.45) is 5.92 Å². The van der Waals surface area contributed by atoms with E-state index in [1.54, 1.807) is 0 Å². The van der Waals surface area contributed by atoms with Crippen molar-refractivity contribution in [2.75, 3.05) is 20.1 Å². The number of hydrogen-bond donors (Lipinski definition) is 2. The van der Waals surface area contributed by atoms with Crippen molar-refractivity contribution in [3.63, 3.8) is 0 Å². The molecule has 1 aliphatic rings. The highest BCUT2D eigenvalue weighted by molar-refractivity contribution is 5.76. The zero-order valence-corrected chi connectivity index (χ0v) is 8.16. The molecule has 1 fully saturated rings. The van der Waals surface area contributed by atoms with Gasteiger partial charge in [-0.05, 0) is 32.7 Å². The van der Waals surface area contributed by atoms with E-state index in [9.17, 15) is 9.90 Å². The Morgan fingerprint density at radius 3 is 2.54 bits per heavy atom. The van der Waals surface area contributed by atoms with Gasteiger partial charge in [-0.2, -0.15) is 0 Å². The van der Waals surface area contributed by atoms with Gasteiger partial charge in [0.1, 0.15) is 0 Å². The lowest BCUT2D eigenvalue weighted by Gasteiger charge is -2.25. The molecule has 0 aromatic carbocycles. The third-order valence-corrected chi connectivity index (χ3v) is 2.31. The molecule has 0 aliphatic heterocycles. The summed E-state index contributed by atoms with van der Waals surface area (Å²) in [6, 6.07) is 0. The van der Waals surface area contributed by atoms with E-state index in [4.69, 9.17) is 5.11 Å². The third kappa shape index (κ3) is 3.32. The van der Waals surface area contributed by atoms with Crippen LogP contribution in [0.5, 0.6) is 0 Å². The monoisotopic (exact) mass is 187 g/mol. The first-order valence-corrected chi connectivity index (χ1v) is 4.56. The lowest BCUT2D eigenvalue weighted by atomic mass is 10.1. The van der Waals surface area contributed by atoms with Gasteiger partial charge in [0.15, 0.2) is 5.60 Å². The summed E-state index contributed by atoms with van der Waals surface area (Å²) >= 11 is 0. The smallest absolute Gasteiger partial charge is 0.336 e. The number of carboxylic acid groups (broad SMARTS) is 1. The first-order valence-electron chi connectivity index (χ1n) is 4.56. The van der Waals surface area contributed by atoms with Crippen molar-refractivity contribution in [1.82, 2.24) is 4.90 Å². The Hall–Kier alpha value is -0.610. The van der Waals surface area contributed by atoms with Crippen LogP contribution in [0.3, 0.4) is 0 Å². The molecule has 0 aromatic heterocycles. The normalized spacial score (nSPS) is 21.5. The maximum atomic E-state index is 10.6. The van der Waals surface area contributed by atoms with Crippen molar-refractivity contribution in [3.8, 4) is 0 Å². The van der Waals surface area contributed by atoms with Crippen LogP contribution in [-0.4, -0.2) is 46.8 Å². The van der Waals surface area contributed by atoms with Crippen molar-refractivity contribution < 1.29 is 15.0 Å². The summed E-state index contributed by atoms with van der Waals surface area (Å²) in [6.45, 7) is 2.42. The first kappa shape index (κ1) is 10.5. The van der Waals surface area contributed by atoms with Crippen LogP contribution >= 0.6 is 0 Å². The molecule has 0 amide bonds. The van der Waals surface area contributed by atoms with Gasteiger partial charge in [-0.1, -0.05) is 0 Å². The summed E-state index contributed by atoms with van der Waals surface area (Å²) in [4.78, 5) is 12.5. The molecule has 1 unspecified atom stereocenters. The minimum absolute atomic E-state index is 0.193. The second kappa shape index (κ2) is 3.64. The minimum Gasteiger partial charge on any atom is -0.479 e. The summed E-state index contributed by atoms with van der Waals surface area (Å²) in [6.07, 6.45) is 2.47. The molecule has 0 saturated heterocycles. The second-order valence-electron chi connectivity index (χ2n) is 4.22. The summed E-state index contributed by atoms with van der Waals surface area (Å²) in [5.41, 5.74) is -1.62. The van der Waals surface area contributed by atoms with Gasteiger partial charge in [-0.3, -0.25) is 0 Å². The highest BCUT2D eigenvalue weighted by Crippen LogP contribution is 2.29. The Morgan fingerprint density at radius 2 is 2.15 bits per heavy atom. The molecule has 0 bridgehead atoms. The van der Waals surface area contributed by atoms with E-state index in [-0.39, 0.29) is 6.54 Å². The molecule has 0 radical (unpaired) electrons. The number of hydrogen-bond acceptors (Lipinski definition) is 3. The molecule has 4 heteroatoms. The van der Waals surface area contributed by atoms with E-state index >= 15 is 0 Å². The maximum Gasteiger partial charge on any atom is 0.336 e. The Balaban J connectivity index is 2.32. The molecule has 2 N–H and O–H groups in total. The molecule has 1 atom stereocenters. The predicted octanol–water partition coefficient (Wildman–Crippen LogP) is 0.164. The number of rotatable bonds is 5. The van der Waals surface area contributed by atoms with E-state index in [0.29, 0.717) is 0 Å². The van der Waals surface area contributed by atoms with E-state index in [0.717, 1.165) is 12.5 Å². The van der Waals surface area contributed by atoms with E-state index in [1.807, 2.05) is 11.9 Å². The molecule has 1 rings (SSSR count). The molecule has 13 heavy (non-hydrogen) atoms.